The minimum absolute atomic E-state index is 0.0508. The van der Waals surface area contributed by atoms with Crippen LogP contribution in [-0.2, 0) is 9.59 Å². The lowest BCUT2D eigenvalue weighted by atomic mass is 9.91. The minimum atomic E-state index is -2.65. The lowest BCUT2D eigenvalue weighted by molar-refractivity contribution is -0.156. The number of para-hydroxylation sites is 1. The highest BCUT2D eigenvalue weighted by atomic mass is 16.4. The van der Waals surface area contributed by atoms with Crippen molar-refractivity contribution < 1.29 is 24.6 Å². The van der Waals surface area contributed by atoms with Crippen molar-refractivity contribution in [2.45, 2.75) is 12.0 Å². The summed E-state index contributed by atoms with van der Waals surface area (Å²) in [5.74, 6) is -4.30. The molecule has 0 radical (unpaired) electrons. The summed E-state index contributed by atoms with van der Waals surface area (Å²) in [6.07, 6.45) is -0.869. The van der Waals surface area contributed by atoms with Gasteiger partial charge in [-0.3, -0.25) is 4.79 Å². The SMILES string of the molecule is Nc1ccccc1C(=O)CC(N)(C(=O)O)C(=O)O. The van der Waals surface area contributed by atoms with Crippen LogP contribution in [0.15, 0.2) is 24.3 Å². The number of nitrogens with two attached hydrogens (primary N) is 2. The van der Waals surface area contributed by atoms with Crippen LogP contribution in [0.5, 0.6) is 0 Å². The first-order chi connectivity index (χ1) is 8.29. The van der Waals surface area contributed by atoms with Gasteiger partial charge in [0, 0.05) is 11.3 Å². The molecule has 0 spiro atoms. The Morgan fingerprint density at radius 1 is 1.11 bits per heavy atom. The largest absolute Gasteiger partial charge is 0.479 e. The van der Waals surface area contributed by atoms with Gasteiger partial charge in [0.25, 0.3) is 0 Å². The van der Waals surface area contributed by atoms with E-state index in [2.05, 4.69) is 0 Å². The Morgan fingerprint density at radius 3 is 2.06 bits per heavy atom. The maximum Gasteiger partial charge on any atom is 0.335 e. The third-order valence-corrected chi connectivity index (χ3v) is 2.46. The Bertz CT molecular complexity index is 498. The molecule has 0 unspecified atom stereocenters. The number of carbonyl (C=O) groups is 3. The fourth-order valence-corrected chi connectivity index (χ4v) is 1.34. The van der Waals surface area contributed by atoms with Crippen molar-refractivity contribution in [3.05, 3.63) is 29.8 Å². The van der Waals surface area contributed by atoms with Gasteiger partial charge in [-0.2, -0.15) is 0 Å². The van der Waals surface area contributed by atoms with Gasteiger partial charge in [-0.15, -0.1) is 0 Å². The highest BCUT2D eigenvalue weighted by Crippen LogP contribution is 2.18. The van der Waals surface area contributed by atoms with Gasteiger partial charge in [-0.1, -0.05) is 12.1 Å². The van der Waals surface area contributed by atoms with Crippen LogP contribution in [-0.4, -0.2) is 33.5 Å². The van der Waals surface area contributed by atoms with Gasteiger partial charge in [0.1, 0.15) is 0 Å². The maximum atomic E-state index is 11.8. The van der Waals surface area contributed by atoms with E-state index in [1.54, 1.807) is 6.07 Å². The Labute approximate surface area is 102 Å². The first kappa shape index (κ1) is 13.7. The molecule has 0 saturated carbocycles. The average Bonchev–Trinajstić information content (AvgIpc) is 2.28. The molecule has 1 aromatic carbocycles. The van der Waals surface area contributed by atoms with Crippen molar-refractivity contribution in [3.8, 4) is 0 Å². The summed E-state index contributed by atoms with van der Waals surface area (Å²) in [4.78, 5) is 33.5. The van der Waals surface area contributed by atoms with Gasteiger partial charge in [-0.25, -0.2) is 9.59 Å². The number of Topliss-reactive ketones (excluding diaryl/α,β-unsaturated/α-hetero) is 1. The third kappa shape index (κ3) is 2.46. The zero-order valence-electron chi connectivity index (χ0n) is 9.29. The number of carbonyl (C=O) groups excluding carboxylic acids is 1. The molecular weight excluding hydrogens is 240 g/mol. The number of anilines is 1. The van der Waals surface area contributed by atoms with Crippen LogP contribution in [0, 0.1) is 0 Å². The molecule has 0 aliphatic heterocycles. The highest BCUT2D eigenvalue weighted by Gasteiger charge is 2.44. The van der Waals surface area contributed by atoms with Gasteiger partial charge in [0.05, 0.1) is 6.42 Å². The van der Waals surface area contributed by atoms with Crippen LogP contribution in [0.1, 0.15) is 16.8 Å². The molecule has 6 N–H and O–H groups in total. The standard InChI is InChI=1S/C11H12N2O5/c12-7-4-2-1-3-6(7)8(14)5-11(13,9(15)16)10(17)18/h1-4H,5,12-13H2,(H,15,16)(H,17,18). The minimum Gasteiger partial charge on any atom is -0.479 e. The van der Waals surface area contributed by atoms with Crippen molar-refractivity contribution in [1.29, 1.82) is 0 Å². The Hall–Kier alpha value is -2.41. The number of hydrogen-bond acceptors (Lipinski definition) is 5. The summed E-state index contributed by atoms with van der Waals surface area (Å²) in [6, 6.07) is 5.95. The number of benzene rings is 1. The quantitative estimate of drug-likeness (QED) is 0.320. The Balaban J connectivity index is 3.04. The normalized spacial score (nSPS) is 10.9. The number of carboxylic acid groups (broad SMARTS) is 2. The molecule has 0 aromatic heterocycles. The van der Waals surface area contributed by atoms with Crippen molar-refractivity contribution in [3.63, 3.8) is 0 Å². The molecule has 0 aliphatic carbocycles. The van der Waals surface area contributed by atoms with Gasteiger partial charge >= 0.3 is 11.9 Å². The average molecular weight is 252 g/mol. The maximum absolute atomic E-state index is 11.8. The van der Waals surface area contributed by atoms with E-state index >= 15 is 0 Å². The van der Waals surface area contributed by atoms with Gasteiger partial charge in [-0.05, 0) is 12.1 Å². The first-order valence-corrected chi connectivity index (χ1v) is 4.92. The van der Waals surface area contributed by atoms with E-state index < -0.39 is 29.7 Å². The topological polar surface area (TPSA) is 144 Å². The molecule has 0 fully saturated rings. The number of nitrogen functional groups attached to an aromatic ring is 1. The van der Waals surface area contributed by atoms with E-state index in [9.17, 15) is 14.4 Å². The molecule has 0 saturated heterocycles. The van der Waals surface area contributed by atoms with Crippen molar-refractivity contribution in [1.82, 2.24) is 0 Å². The number of aliphatic carboxylic acids is 2. The molecular formula is C11H12N2O5. The van der Waals surface area contributed by atoms with Crippen LogP contribution in [0.25, 0.3) is 0 Å². The molecule has 18 heavy (non-hydrogen) atoms. The second-order valence-electron chi connectivity index (χ2n) is 3.77. The number of carboxylic acids is 2. The van der Waals surface area contributed by atoms with Crippen LogP contribution in [0.4, 0.5) is 5.69 Å². The zero-order chi connectivity index (χ0) is 13.9. The Kier molecular flexibility index (Phi) is 3.67. The summed E-state index contributed by atoms with van der Waals surface area (Å²) in [7, 11) is 0. The predicted molar refractivity (Wildman–Crippen MR) is 62.0 cm³/mol. The summed E-state index contributed by atoms with van der Waals surface area (Å²) in [6.45, 7) is 0. The van der Waals surface area contributed by atoms with Gasteiger partial charge < -0.3 is 21.7 Å². The number of hydrogen-bond donors (Lipinski definition) is 4. The Morgan fingerprint density at radius 2 is 1.61 bits per heavy atom. The fraction of sp³-hybridized carbons (Fsp3) is 0.182. The lowest BCUT2D eigenvalue weighted by Crippen LogP contribution is -2.56. The second kappa shape index (κ2) is 4.84. The lowest BCUT2D eigenvalue weighted by Gasteiger charge is -2.18. The number of rotatable bonds is 5. The van der Waals surface area contributed by atoms with E-state index in [0.29, 0.717) is 0 Å². The van der Waals surface area contributed by atoms with Crippen LogP contribution in [0.2, 0.25) is 0 Å². The molecule has 0 bridgehead atoms. The van der Waals surface area contributed by atoms with E-state index in [1.165, 1.54) is 18.2 Å². The third-order valence-electron chi connectivity index (χ3n) is 2.46. The zero-order valence-corrected chi connectivity index (χ0v) is 9.29. The summed E-state index contributed by atoms with van der Waals surface area (Å²) >= 11 is 0. The molecule has 96 valence electrons. The smallest absolute Gasteiger partial charge is 0.335 e. The molecule has 1 aromatic rings. The first-order valence-electron chi connectivity index (χ1n) is 4.92. The molecule has 0 aliphatic rings. The molecule has 0 atom stereocenters. The van der Waals surface area contributed by atoms with Crippen LogP contribution in [0.3, 0.4) is 0 Å². The molecule has 7 nitrogen and oxygen atoms in total. The van der Waals surface area contributed by atoms with Gasteiger partial charge in [0.2, 0.25) is 5.54 Å². The summed E-state index contributed by atoms with van der Waals surface area (Å²) in [5.41, 5.74) is 8.28. The van der Waals surface area contributed by atoms with E-state index in [0.717, 1.165) is 0 Å². The van der Waals surface area contributed by atoms with Crippen LogP contribution >= 0.6 is 0 Å². The second-order valence-corrected chi connectivity index (χ2v) is 3.77. The monoisotopic (exact) mass is 252 g/mol. The summed E-state index contributed by atoms with van der Waals surface area (Å²) in [5, 5.41) is 17.6. The summed E-state index contributed by atoms with van der Waals surface area (Å²) < 4.78 is 0. The molecule has 7 heteroatoms. The molecule has 0 heterocycles. The van der Waals surface area contributed by atoms with E-state index in [1.807, 2.05) is 0 Å². The van der Waals surface area contributed by atoms with Crippen LogP contribution < -0.4 is 11.5 Å². The predicted octanol–water partition coefficient (Wildman–Crippen LogP) is -0.292. The fourth-order valence-electron chi connectivity index (χ4n) is 1.34. The van der Waals surface area contributed by atoms with E-state index in [-0.39, 0.29) is 11.3 Å². The van der Waals surface area contributed by atoms with Crippen molar-refractivity contribution >= 4 is 23.4 Å². The van der Waals surface area contributed by atoms with E-state index in [4.69, 9.17) is 21.7 Å². The van der Waals surface area contributed by atoms with Crippen molar-refractivity contribution in [2.24, 2.45) is 5.73 Å². The van der Waals surface area contributed by atoms with Gasteiger partial charge in [0.15, 0.2) is 5.78 Å². The highest BCUT2D eigenvalue weighted by molar-refractivity contribution is 6.11. The molecule has 1 rings (SSSR count). The molecule has 0 amide bonds. The van der Waals surface area contributed by atoms with Crippen molar-refractivity contribution in [2.75, 3.05) is 5.73 Å². The number of ketones is 1.